The standard InChI is InChI=1S/C15H15F2NO2/c1-10(13-7-2-3-8-18-13)14(19)11-5-4-6-12(9-11)20-15(16)17/h2-10,14-15,19H,1H3. The molecular weight excluding hydrogens is 264 g/mol. The second kappa shape index (κ2) is 6.43. The first-order valence-electron chi connectivity index (χ1n) is 6.21. The van der Waals surface area contributed by atoms with Crippen LogP contribution < -0.4 is 4.74 Å². The van der Waals surface area contributed by atoms with E-state index in [9.17, 15) is 13.9 Å². The maximum Gasteiger partial charge on any atom is 0.387 e. The first-order valence-corrected chi connectivity index (χ1v) is 6.21. The summed E-state index contributed by atoms with van der Waals surface area (Å²) >= 11 is 0. The molecule has 106 valence electrons. The summed E-state index contributed by atoms with van der Waals surface area (Å²) in [7, 11) is 0. The lowest BCUT2D eigenvalue weighted by Gasteiger charge is -2.19. The number of halogens is 2. The summed E-state index contributed by atoms with van der Waals surface area (Å²) in [5.74, 6) is -0.220. The minimum Gasteiger partial charge on any atom is -0.435 e. The van der Waals surface area contributed by atoms with Crippen molar-refractivity contribution in [2.45, 2.75) is 25.6 Å². The number of aliphatic hydroxyl groups is 1. The molecule has 1 N–H and O–H groups in total. The monoisotopic (exact) mass is 279 g/mol. The molecule has 1 aromatic carbocycles. The molecule has 0 radical (unpaired) electrons. The highest BCUT2D eigenvalue weighted by molar-refractivity contribution is 5.31. The summed E-state index contributed by atoms with van der Waals surface area (Å²) in [5.41, 5.74) is 1.25. The van der Waals surface area contributed by atoms with E-state index in [1.54, 1.807) is 24.4 Å². The van der Waals surface area contributed by atoms with Gasteiger partial charge in [-0.25, -0.2) is 0 Å². The molecule has 2 rings (SSSR count). The van der Waals surface area contributed by atoms with E-state index >= 15 is 0 Å². The average molecular weight is 279 g/mol. The van der Waals surface area contributed by atoms with Crippen LogP contribution in [0, 0.1) is 0 Å². The number of aliphatic hydroxyl groups excluding tert-OH is 1. The van der Waals surface area contributed by atoms with Gasteiger partial charge in [0.05, 0.1) is 6.10 Å². The van der Waals surface area contributed by atoms with Gasteiger partial charge in [-0.1, -0.05) is 25.1 Å². The number of hydrogen-bond acceptors (Lipinski definition) is 3. The molecule has 3 nitrogen and oxygen atoms in total. The molecule has 1 heterocycles. The van der Waals surface area contributed by atoms with Crippen LogP contribution in [-0.2, 0) is 0 Å². The molecule has 0 fully saturated rings. The predicted molar refractivity (Wildman–Crippen MR) is 70.7 cm³/mol. The fourth-order valence-corrected chi connectivity index (χ4v) is 1.97. The summed E-state index contributed by atoms with van der Waals surface area (Å²) in [6, 6.07) is 11.5. The summed E-state index contributed by atoms with van der Waals surface area (Å²) in [5, 5.41) is 10.3. The van der Waals surface area contributed by atoms with Crippen LogP contribution in [0.15, 0.2) is 48.7 Å². The van der Waals surface area contributed by atoms with Crippen LogP contribution >= 0.6 is 0 Å². The number of alkyl halides is 2. The van der Waals surface area contributed by atoms with Crippen LogP contribution in [0.2, 0.25) is 0 Å². The molecule has 20 heavy (non-hydrogen) atoms. The maximum atomic E-state index is 12.2. The Kier molecular flexibility index (Phi) is 4.63. The zero-order valence-corrected chi connectivity index (χ0v) is 10.9. The Morgan fingerprint density at radius 3 is 2.60 bits per heavy atom. The van der Waals surface area contributed by atoms with Crippen molar-refractivity contribution in [3.63, 3.8) is 0 Å². The van der Waals surface area contributed by atoms with Gasteiger partial charge in [0.2, 0.25) is 0 Å². The smallest absolute Gasteiger partial charge is 0.387 e. The summed E-state index contributed by atoms with van der Waals surface area (Å²) < 4.78 is 28.7. The van der Waals surface area contributed by atoms with Crippen LogP contribution in [0.1, 0.15) is 30.2 Å². The van der Waals surface area contributed by atoms with Crippen molar-refractivity contribution in [3.8, 4) is 5.75 Å². The molecule has 0 aliphatic heterocycles. The second-order valence-corrected chi connectivity index (χ2v) is 4.44. The lowest BCUT2D eigenvalue weighted by molar-refractivity contribution is -0.0500. The predicted octanol–water partition coefficient (Wildman–Crippen LogP) is 3.52. The SMILES string of the molecule is CC(c1ccccn1)C(O)c1cccc(OC(F)F)c1. The molecule has 2 atom stereocenters. The molecule has 5 heteroatoms. The van der Waals surface area contributed by atoms with E-state index in [1.807, 2.05) is 19.1 Å². The molecule has 2 unspecified atom stereocenters. The molecule has 0 saturated heterocycles. The van der Waals surface area contributed by atoms with Gasteiger partial charge in [0.25, 0.3) is 0 Å². The van der Waals surface area contributed by atoms with E-state index in [-0.39, 0.29) is 11.7 Å². The fraction of sp³-hybridized carbons (Fsp3) is 0.267. The molecule has 0 amide bonds. The van der Waals surface area contributed by atoms with Gasteiger partial charge in [0.1, 0.15) is 5.75 Å². The van der Waals surface area contributed by atoms with E-state index < -0.39 is 12.7 Å². The van der Waals surface area contributed by atoms with E-state index in [1.165, 1.54) is 12.1 Å². The zero-order valence-electron chi connectivity index (χ0n) is 10.9. The number of hydrogen-bond donors (Lipinski definition) is 1. The average Bonchev–Trinajstić information content (AvgIpc) is 2.46. The Bertz CT molecular complexity index is 549. The van der Waals surface area contributed by atoms with Crippen LogP contribution in [0.4, 0.5) is 8.78 Å². The minimum atomic E-state index is -2.88. The first-order chi connectivity index (χ1) is 9.58. The quantitative estimate of drug-likeness (QED) is 0.910. The molecule has 1 aromatic heterocycles. The molecule has 0 aliphatic carbocycles. The van der Waals surface area contributed by atoms with Crippen molar-refractivity contribution in [1.82, 2.24) is 4.98 Å². The number of benzene rings is 1. The van der Waals surface area contributed by atoms with Crippen molar-refractivity contribution < 1.29 is 18.6 Å². The topological polar surface area (TPSA) is 42.4 Å². The Labute approximate surface area is 115 Å². The van der Waals surface area contributed by atoms with E-state index in [4.69, 9.17) is 0 Å². The van der Waals surface area contributed by atoms with Crippen molar-refractivity contribution in [2.75, 3.05) is 0 Å². The lowest BCUT2D eigenvalue weighted by atomic mass is 9.94. The van der Waals surface area contributed by atoms with E-state index in [0.717, 1.165) is 5.69 Å². The van der Waals surface area contributed by atoms with Gasteiger partial charge in [0, 0.05) is 17.8 Å². The Balaban J connectivity index is 2.18. The minimum absolute atomic E-state index is 0.0322. The third-order valence-corrected chi connectivity index (χ3v) is 3.05. The van der Waals surface area contributed by atoms with Gasteiger partial charge in [-0.05, 0) is 29.8 Å². The van der Waals surface area contributed by atoms with Crippen molar-refractivity contribution in [3.05, 3.63) is 59.9 Å². The third-order valence-electron chi connectivity index (χ3n) is 3.05. The number of rotatable bonds is 5. The van der Waals surface area contributed by atoms with Crippen LogP contribution in [0.25, 0.3) is 0 Å². The number of pyridine rings is 1. The fourth-order valence-electron chi connectivity index (χ4n) is 1.97. The van der Waals surface area contributed by atoms with Crippen LogP contribution in [0.3, 0.4) is 0 Å². The molecule has 0 bridgehead atoms. The summed E-state index contributed by atoms with van der Waals surface area (Å²) in [4.78, 5) is 4.18. The first kappa shape index (κ1) is 14.4. The Morgan fingerprint density at radius 2 is 1.95 bits per heavy atom. The molecule has 0 spiro atoms. The van der Waals surface area contributed by atoms with Gasteiger partial charge >= 0.3 is 6.61 Å². The van der Waals surface area contributed by atoms with E-state index in [0.29, 0.717) is 5.56 Å². The molecular formula is C15H15F2NO2. The zero-order chi connectivity index (χ0) is 14.5. The van der Waals surface area contributed by atoms with Gasteiger partial charge in [-0.3, -0.25) is 4.98 Å². The molecule has 2 aromatic rings. The van der Waals surface area contributed by atoms with Crippen molar-refractivity contribution >= 4 is 0 Å². The normalized spacial score (nSPS) is 14.1. The lowest BCUT2D eigenvalue weighted by Crippen LogP contribution is -2.09. The molecule has 0 aliphatic rings. The summed E-state index contributed by atoms with van der Waals surface area (Å²) in [6.45, 7) is -1.05. The van der Waals surface area contributed by atoms with Crippen molar-refractivity contribution in [1.29, 1.82) is 0 Å². The van der Waals surface area contributed by atoms with Gasteiger partial charge in [-0.2, -0.15) is 8.78 Å². The van der Waals surface area contributed by atoms with Crippen LogP contribution in [-0.4, -0.2) is 16.7 Å². The largest absolute Gasteiger partial charge is 0.435 e. The number of ether oxygens (including phenoxy) is 1. The van der Waals surface area contributed by atoms with Crippen LogP contribution in [0.5, 0.6) is 5.75 Å². The third kappa shape index (κ3) is 3.51. The number of nitrogens with zero attached hydrogens (tertiary/aromatic N) is 1. The highest BCUT2D eigenvalue weighted by Gasteiger charge is 2.20. The maximum absolute atomic E-state index is 12.2. The highest BCUT2D eigenvalue weighted by atomic mass is 19.3. The van der Waals surface area contributed by atoms with Gasteiger partial charge < -0.3 is 9.84 Å². The van der Waals surface area contributed by atoms with Gasteiger partial charge in [0.15, 0.2) is 0 Å². The Hall–Kier alpha value is -2.01. The second-order valence-electron chi connectivity index (χ2n) is 4.44. The highest BCUT2D eigenvalue weighted by Crippen LogP contribution is 2.31. The Morgan fingerprint density at radius 1 is 1.15 bits per heavy atom. The van der Waals surface area contributed by atoms with Gasteiger partial charge in [-0.15, -0.1) is 0 Å². The molecule has 0 saturated carbocycles. The number of aromatic nitrogens is 1. The van der Waals surface area contributed by atoms with Crippen molar-refractivity contribution in [2.24, 2.45) is 0 Å². The summed E-state index contributed by atoms with van der Waals surface area (Å²) in [6.07, 6.45) is 0.806. The van der Waals surface area contributed by atoms with E-state index in [2.05, 4.69) is 9.72 Å².